The number of hydrogen-bond acceptors (Lipinski definition) is 3. The Morgan fingerprint density at radius 1 is 0.909 bits per heavy atom. The molecule has 0 unspecified atom stereocenters. The normalized spacial score (nSPS) is 10.9. The van der Waals surface area contributed by atoms with E-state index in [2.05, 4.69) is 18.7 Å². The highest BCUT2D eigenvalue weighted by atomic mass is 32.2. The van der Waals surface area contributed by atoms with Crippen LogP contribution in [0.5, 0.6) is 0 Å². The fourth-order valence-corrected chi connectivity index (χ4v) is 3.20. The molecule has 0 bridgehead atoms. The van der Waals surface area contributed by atoms with Crippen molar-refractivity contribution >= 4 is 17.5 Å². The zero-order valence-electron chi connectivity index (χ0n) is 13.3. The van der Waals surface area contributed by atoms with Gasteiger partial charge in [0.2, 0.25) is 0 Å². The highest BCUT2D eigenvalue weighted by molar-refractivity contribution is 7.99. The molecule has 0 saturated heterocycles. The molecule has 2 rings (SSSR count). The molecule has 0 N–H and O–H groups in total. The summed E-state index contributed by atoms with van der Waals surface area (Å²) in [7, 11) is 0. The van der Waals surface area contributed by atoms with Crippen molar-refractivity contribution in [3.05, 3.63) is 65.7 Å². The van der Waals surface area contributed by atoms with Gasteiger partial charge in [-0.2, -0.15) is 0 Å². The Kier molecular flexibility index (Phi) is 6.69. The van der Waals surface area contributed by atoms with E-state index in [1.807, 2.05) is 66.4 Å². The van der Waals surface area contributed by atoms with Gasteiger partial charge in [0.05, 0.1) is 0 Å². The van der Waals surface area contributed by atoms with Crippen molar-refractivity contribution < 1.29 is 4.79 Å². The second-order valence-electron chi connectivity index (χ2n) is 5.09. The van der Waals surface area contributed by atoms with Gasteiger partial charge in [-0.3, -0.25) is 4.79 Å². The topological polar surface area (TPSA) is 20.3 Å². The minimum atomic E-state index is 0.0836. The first kappa shape index (κ1) is 16.8. The number of rotatable bonds is 8. The van der Waals surface area contributed by atoms with Crippen molar-refractivity contribution in [2.24, 2.45) is 0 Å². The zero-order chi connectivity index (χ0) is 15.8. The molecule has 116 valence electrons. The molecule has 0 amide bonds. The fourth-order valence-electron chi connectivity index (χ4n) is 2.29. The molecule has 0 aromatic heterocycles. The first-order chi connectivity index (χ1) is 10.7. The van der Waals surface area contributed by atoms with E-state index in [1.54, 1.807) is 0 Å². The molecule has 0 saturated carbocycles. The van der Waals surface area contributed by atoms with E-state index in [4.69, 9.17) is 0 Å². The molecule has 0 radical (unpaired) electrons. The second kappa shape index (κ2) is 8.76. The average molecular weight is 313 g/mol. The molecule has 22 heavy (non-hydrogen) atoms. The molecule has 0 aliphatic carbocycles. The third-order valence-corrected chi connectivity index (χ3v) is 4.72. The Labute approximate surface area is 137 Å². The molecule has 0 aliphatic heterocycles. The van der Waals surface area contributed by atoms with E-state index in [1.165, 1.54) is 4.90 Å². The molecule has 0 spiro atoms. The predicted octanol–water partition coefficient (Wildman–Crippen LogP) is 4.35. The van der Waals surface area contributed by atoms with Gasteiger partial charge in [-0.15, -0.1) is 11.8 Å². The number of nitrogens with zero attached hydrogens (tertiary/aromatic N) is 1. The second-order valence-corrected chi connectivity index (χ2v) is 6.26. The highest BCUT2D eigenvalue weighted by Crippen LogP contribution is 2.19. The van der Waals surface area contributed by atoms with Gasteiger partial charge < -0.3 is 4.90 Å². The van der Waals surface area contributed by atoms with Crippen molar-refractivity contribution in [1.82, 2.24) is 4.90 Å². The van der Waals surface area contributed by atoms with Crippen LogP contribution in [0, 0.1) is 0 Å². The van der Waals surface area contributed by atoms with Crippen LogP contribution in [0.15, 0.2) is 59.5 Å². The van der Waals surface area contributed by atoms with Crippen molar-refractivity contribution in [2.75, 3.05) is 25.4 Å². The van der Waals surface area contributed by atoms with Crippen LogP contribution in [0.2, 0.25) is 0 Å². The molecule has 0 fully saturated rings. The Hall–Kier alpha value is -1.58. The Morgan fingerprint density at radius 2 is 1.50 bits per heavy atom. The summed E-state index contributed by atoms with van der Waals surface area (Å²) < 4.78 is 0. The highest BCUT2D eigenvalue weighted by Gasteiger charge is 2.08. The average Bonchev–Trinajstić information content (AvgIpc) is 2.59. The SMILES string of the molecule is CCN(CC)CCSc1ccc(C(=O)c2ccccc2)cc1. The molecule has 0 atom stereocenters. The number of thioether (sulfide) groups is 1. The fraction of sp³-hybridized carbons (Fsp3) is 0.316. The lowest BCUT2D eigenvalue weighted by Gasteiger charge is -2.17. The molecule has 2 aromatic carbocycles. The van der Waals surface area contributed by atoms with Gasteiger partial charge in [-0.25, -0.2) is 0 Å². The van der Waals surface area contributed by atoms with Crippen LogP contribution in [0.25, 0.3) is 0 Å². The lowest BCUT2D eigenvalue weighted by atomic mass is 10.0. The number of carbonyl (C=O) groups excluding carboxylic acids is 1. The van der Waals surface area contributed by atoms with Crippen LogP contribution in [0.4, 0.5) is 0 Å². The molecule has 3 heteroatoms. The van der Waals surface area contributed by atoms with Crippen molar-refractivity contribution in [3.63, 3.8) is 0 Å². The lowest BCUT2D eigenvalue weighted by molar-refractivity contribution is 0.103. The van der Waals surface area contributed by atoms with Crippen LogP contribution in [-0.2, 0) is 0 Å². The van der Waals surface area contributed by atoms with Gasteiger partial charge in [-0.05, 0) is 37.4 Å². The van der Waals surface area contributed by atoms with Crippen LogP contribution in [0.3, 0.4) is 0 Å². The maximum absolute atomic E-state index is 12.3. The van der Waals surface area contributed by atoms with E-state index in [0.717, 1.165) is 36.5 Å². The van der Waals surface area contributed by atoms with E-state index >= 15 is 0 Å². The molecular weight excluding hydrogens is 290 g/mol. The van der Waals surface area contributed by atoms with Crippen molar-refractivity contribution in [1.29, 1.82) is 0 Å². The first-order valence-corrected chi connectivity index (χ1v) is 8.78. The maximum Gasteiger partial charge on any atom is 0.193 e. The molecular formula is C19H23NOS. The third kappa shape index (κ3) is 4.72. The smallest absolute Gasteiger partial charge is 0.193 e. The van der Waals surface area contributed by atoms with Gasteiger partial charge in [0.1, 0.15) is 0 Å². The van der Waals surface area contributed by atoms with Gasteiger partial charge in [-0.1, -0.05) is 44.2 Å². The standard InChI is InChI=1S/C19H23NOS/c1-3-20(4-2)14-15-22-18-12-10-17(11-13-18)19(21)16-8-6-5-7-9-16/h5-13H,3-4,14-15H2,1-2H3. The first-order valence-electron chi connectivity index (χ1n) is 7.79. The molecule has 2 nitrogen and oxygen atoms in total. The largest absolute Gasteiger partial charge is 0.303 e. The lowest BCUT2D eigenvalue weighted by Crippen LogP contribution is -2.25. The van der Waals surface area contributed by atoms with E-state index < -0.39 is 0 Å². The van der Waals surface area contributed by atoms with E-state index in [0.29, 0.717) is 0 Å². The number of carbonyl (C=O) groups is 1. The van der Waals surface area contributed by atoms with Gasteiger partial charge in [0.25, 0.3) is 0 Å². The molecule has 0 heterocycles. The number of benzene rings is 2. The predicted molar refractivity (Wildman–Crippen MR) is 94.8 cm³/mol. The van der Waals surface area contributed by atoms with Crippen molar-refractivity contribution in [2.45, 2.75) is 18.7 Å². The Balaban J connectivity index is 1.92. The van der Waals surface area contributed by atoms with E-state index in [9.17, 15) is 4.79 Å². The summed E-state index contributed by atoms with van der Waals surface area (Å²) in [4.78, 5) is 16.0. The molecule has 0 aliphatic rings. The minimum Gasteiger partial charge on any atom is -0.303 e. The summed E-state index contributed by atoms with van der Waals surface area (Å²) in [5.74, 6) is 1.16. The Morgan fingerprint density at radius 3 is 2.09 bits per heavy atom. The quantitative estimate of drug-likeness (QED) is 0.534. The third-order valence-electron chi connectivity index (χ3n) is 3.72. The van der Waals surface area contributed by atoms with Crippen LogP contribution in [0.1, 0.15) is 29.8 Å². The zero-order valence-corrected chi connectivity index (χ0v) is 14.1. The number of hydrogen-bond donors (Lipinski definition) is 0. The summed E-state index contributed by atoms with van der Waals surface area (Å²) in [5.41, 5.74) is 1.49. The van der Waals surface area contributed by atoms with Crippen LogP contribution >= 0.6 is 11.8 Å². The van der Waals surface area contributed by atoms with Crippen molar-refractivity contribution in [3.8, 4) is 0 Å². The summed E-state index contributed by atoms with van der Waals surface area (Å²) >= 11 is 1.84. The summed E-state index contributed by atoms with van der Waals surface area (Å²) in [6.45, 7) is 7.68. The van der Waals surface area contributed by atoms with Gasteiger partial charge in [0.15, 0.2) is 5.78 Å². The van der Waals surface area contributed by atoms with Crippen LogP contribution in [-0.4, -0.2) is 36.1 Å². The summed E-state index contributed by atoms with van der Waals surface area (Å²) in [5, 5.41) is 0. The maximum atomic E-state index is 12.3. The minimum absolute atomic E-state index is 0.0836. The van der Waals surface area contributed by atoms with Gasteiger partial charge >= 0.3 is 0 Å². The van der Waals surface area contributed by atoms with Crippen LogP contribution < -0.4 is 0 Å². The summed E-state index contributed by atoms with van der Waals surface area (Å²) in [6.07, 6.45) is 0. The number of ketones is 1. The van der Waals surface area contributed by atoms with E-state index in [-0.39, 0.29) is 5.78 Å². The Bertz CT molecular complexity index is 576. The monoisotopic (exact) mass is 313 g/mol. The summed E-state index contributed by atoms with van der Waals surface area (Å²) in [6, 6.07) is 17.4. The van der Waals surface area contributed by atoms with Gasteiger partial charge in [0, 0.05) is 28.3 Å². The molecule has 2 aromatic rings.